The summed E-state index contributed by atoms with van der Waals surface area (Å²) in [5.41, 5.74) is 0.339. The van der Waals surface area contributed by atoms with Crippen LogP contribution in [0.3, 0.4) is 0 Å². The van der Waals surface area contributed by atoms with Gasteiger partial charge >= 0.3 is 0 Å². The third kappa shape index (κ3) is 3.47. The molecule has 0 aromatic heterocycles. The molecule has 98 valence electrons. The van der Waals surface area contributed by atoms with E-state index in [0.29, 0.717) is 11.6 Å². The Morgan fingerprint density at radius 2 is 2.00 bits per heavy atom. The highest BCUT2D eigenvalue weighted by Gasteiger charge is 2.42. The molecule has 0 bridgehead atoms. The number of nitrogens with zero attached hydrogens (tertiary/aromatic N) is 1. The molecule has 1 aliphatic rings. The first-order chi connectivity index (χ1) is 8.17. The minimum Gasteiger partial charge on any atom is -0.312 e. The molecule has 0 heterocycles. The minimum absolute atomic E-state index is 0.339. The molecule has 0 spiro atoms. The summed E-state index contributed by atoms with van der Waals surface area (Å²) < 4.78 is 0. The molecule has 1 N–H and O–H groups in total. The summed E-state index contributed by atoms with van der Waals surface area (Å²) in [4.78, 5) is 2.43. The van der Waals surface area contributed by atoms with E-state index in [4.69, 9.17) is 6.42 Å². The summed E-state index contributed by atoms with van der Waals surface area (Å²) in [6, 6.07) is 0.552. The highest BCUT2D eigenvalue weighted by molar-refractivity contribution is 5.03. The third-order valence-corrected chi connectivity index (χ3v) is 4.23. The number of hydrogen-bond acceptors (Lipinski definition) is 2. The largest absolute Gasteiger partial charge is 0.312 e. The second-order valence-electron chi connectivity index (χ2n) is 5.45. The Kier molecular flexibility index (Phi) is 6.02. The molecule has 1 unspecified atom stereocenters. The molecule has 0 aromatic carbocycles. The first-order valence-corrected chi connectivity index (χ1v) is 7.01. The quantitative estimate of drug-likeness (QED) is 0.684. The Morgan fingerprint density at radius 1 is 1.35 bits per heavy atom. The van der Waals surface area contributed by atoms with Crippen LogP contribution in [0, 0.1) is 12.3 Å². The molecule has 2 nitrogen and oxygen atoms in total. The first-order valence-electron chi connectivity index (χ1n) is 7.01. The van der Waals surface area contributed by atoms with Gasteiger partial charge in [0.15, 0.2) is 0 Å². The van der Waals surface area contributed by atoms with Crippen LogP contribution in [0.25, 0.3) is 0 Å². The van der Waals surface area contributed by atoms with Crippen LogP contribution in [0.5, 0.6) is 0 Å². The molecule has 0 radical (unpaired) electrons. The van der Waals surface area contributed by atoms with Gasteiger partial charge in [0.05, 0.1) is 0 Å². The average molecular weight is 236 g/mol. The first kappa shape index (κ1) is 14.5. The van der Waals surface area contributed by atoms with E-state index in [1.54, 1.807) is 0 Å². The van der Waals surface area contributed by atoms with E-state index in [2.05, 4.69) is 37.2 Å². The number of hydrogen-bond donors (Lipinski definition) is 1. The minimum atomic E-state index is 0.339. The van der Waals surface area contributed by atoms with Crippen molar-refractivity contribution < 1.29 is 0 Å². The van der Waals surface area contributed by atoms with E-state index < -0.39 is 0 Å². The summed E-state index contributed by atoms with van der Waals surface area (Å²) >= 11 is 0. The van der Waals surface area contributed by atoms with Crippen LogP contribution in [0.2, 0.25) is 0 Å². The van der Waals surface area contributed by atoms with E-state index in [-0.39, 0.29) is 0 Å². The SMILES string of the molecule is C#CCCC(NCCC)C1(N(C)C)CCCC1. The van der Waals surface area contributed by atoms with Gasteiger partial charge < -0.3 is 10.2 Å². The van der Waals surface area contributed by atoms with E-state index >= 15 is 0 Å². The maximum Gasteiger partial charge on any atom is 0.0356 e. The van der Waals surface area contributed by atoms with Crippen molar-refractivity contribution in [1.82, 2.24) is 10.2 Å². The summed E-state index contributed by atoms with van der Waals surface area (Å²) in [7, 11) is 4.45. The molecule has 2 heteroatoms. The van der Waals surface area contributed by atoms with Crippen molar-refractivity contribution in [3.63, 3.8) is 0 Å². The third-order valence-electron chi connectivity index (χ3n) is 4.23. The van der Waals surface area contributed by atoms with Gasteiger partial charge in [-0.05, 0) is 46.3 Å². The summed E-state index contributed by atoms with van der Waals surface area (Å²) in [5, 5.41) is 3.73. The molecular weight excluding hydrogens is 208 g/mol. The van der Waals surface area contributed by atoms with Crippen LogP contribution in [0.4, 0.5) is 0 Å². The van der Waals surface area contributed by atoms with Crippen molar-refractivity contribution in [3.05, 3.63) is 0 Å². The summed E-state index contributed by atoms with van der Waals surface area (Å²) in [5.74, 6) is 2.80. The molecule has 17 heavy (non-hydrogen) atoms. The van der Waals surface area contributed by atoms with Crippen LogP contribution < -0.4 is 5.32 Å². The van der Waals surface area contributed by atoms with Crippen LogP contribution in [0.15, 0.2) is 0 Å². The maximum absolute atomic E-state index is 5.43. The molecular formula is C15H28N2. The van der Waals surface area contributed by atoms with Crippen LogP contribution in [-0.4, -0.2) is 37.1 Å². The maximum atomic E-state index is 5.43. The van der Waals surface area contributed by atoms with E-state index in [0.717, 1.165) is 19.4 Å². The van der Waals surface area contributed by atoms with Gasteiger partial charge in [0.1, 0.15) is 0 Å². The Hall–Kier alpha value is -0.520. The van der Waals surface area contributed by atoms with Crippen molar-refractivity contribution >= 4 is 0 Å². The normalized spacial score (nSPS) is 20.4. The zero-order valence-corrected chi connectivity index (χ0v) is 11.8. The predicted octanol–water partition coefficient (Wildman–Crippen LogP) is 2.64. The van der Waals surface area contributed by atoms with Crippen molar-refractivity contribution in [2.75, 3.05) is 20.6 Å². The van der Waals surface area contributed by atoms with Gasteiger partial charge in [0.25, 0.3) is 0 Å². The highest BCUT2D eigenvalue weighted by Crippen LogP contribution is 2.38. The molecule has 0 aromatic rings. The highest BCUT2D eigenvalue weighted by atomic mass is 15.2. The molecule has 1 atom stereocenters. The summed E-state index contributed by atoms with van der Waals surface area (Å²) in [6.07, 6.45) is 14.0. The fourth-order valence-corrected chi connectivity index (χ4v) is 3.20. The zero-order valence-electron chi connectivity index (χ0n) is 11.8. The Morgan fingerprint density at radius 3 is 2.47 bits per heavy atom. The van der Waals surface area contributed by atoms with Crippen molar-refractivity contribution in [2.24, 2.45) is 0 Å². The Labute approximate surface area is 107 Å². The van der Waals surface area contributed by atoms with E-state index in [9.17, 15) is 0 Å². The van der Waals surface area contributed by atoms with Gasteiger partial charge in [0, 0.05) is 18.0 Å². The monoisotopic (exact) mass is 236 g/mol. The van der Waals surface area contributed by atoms with Crippen LogP contribution in [-0.2, 0) is 0 Å². The molecule has 1 rings (SSSR count). The lowest BCUT2D eigenvalue weighted by atomic mass is 9.84. The van der Waals surface area contributed by atoms with Gasteiger partial charge in [-0.15, -0.1) is 12.3 Å². The van der Waals surface area contributed by atoms with E-state index in [1.165, 1.54) is 32.1 Å². The lowest BCUT2D eigenvalue weighted by Crippen LogP contribution is -2.57. The predicted molar refractivity (Wildman–Crippen MR) is 75.0 cm³/mol. The average Bonchev–Trinajstić information content (AvgIpc) is 2.79. The zero-order chi connectivity index (χ0) is 12.7. The van der Waals surface area contributed by atoms with Gasteiger partial charge in [-0.25, -0.2) is 0 Å². The second kappa shape index (κ2) is 7.03. The lowest BCUT2D eigenvalue weighted by molar-refractivity contribution is 0.101. The van der Waals surface area contributed by atoms with E-state index in [1.807, 2.05) is 0 Å². The Balaban J connectivity index is 2.73. The fourth-order valence-electron chi connectivity index (χ4n) is 3.20. The Bertz CT molecular complexity index is 246. The fraction of sp³-hybridized carbons (Fsp3) is 0.867. The molecule has 0 aliphatic heterocycles. The van der Waals surface area contributed by atoms with Crippen molar-refractivity contribution in [3.8, 4) is 12.3 Å². The topological polar surface area (TPSA) is 15.3 Å². The van der Waals surface area contributed by atoms with Gasteiger partial charge in [-0.1, -0.05) is 19.8 Å². The van der Waals surface area contributed by atoms with Crippen molar-refractivity contribution in [1.29, 1.82) is 0 Å². The molecule has 1 aliphatic carbocycles. The number of nitrogens with one attached hydrogen (secondary N) is 1. The van der Waals surface area contributed by atoms with Gasteiger partial charge in [-0.3, -0.25) is 0 Å². The smallest absolute Gasteiger partial charge is 0.0356 e. The lowest BCUT2D eigenvalue weighted by Gasteiger charge is -2.44. The molecule has 0 amide bonds. The molecule has 0 saturated heterocycles. The summed E-state index contributed by atoms with van der Waals surface area (Å²) in [6.45, 7) is 3.33. The van der Waals surface area contributed by atoms with Gasteiger partial charge in [-0.2, -0.15) is 0 Å². The van der Waals surface area contributed by atoms with Crippen molar-refractivity contribution in [2.45, 2.75) is 63.5 Å². The number of rotatable bonds is 7. The standard InChI is InChI=1S/C15H28N2/c1-5-7-10-14(16-13-6-2)15(17(3)4)11-8-9-12-15/h1,14,16H,6-13H2,2-4H3. The van der Waals surface area contributed by atoms with Crippen LogP contribution in [0.1, 0.15) is 51.9 Å². The molecule has 1 fully saturated rings. The molecule has 1 saturated carbocycles. The number of likely N-dealkylation sites (N-methyl/N-ethyl adjacent to an activating group) is 1. The van der Waals surface area contributed by atoms with Crippen LogP contribution >= 0.6 is 0 Å². The number of terminal acetylenes is 1. The van der Waals surface area contributed by atoms with Gasteiger partial charge in [0.2, 0.25) is 0 Å². The second-order valence-corrected chi connectivity index (χ2v) is 5.45.